The fourth-order valence-corrected chi connectivity index (χ4v) is 5.45. The molecular weight excluding hydrogens is 626 g/mol. The van der Waals surface area contributed by atoms with Gasteiger partial charge < -0.3 is 24.8 Å². The summed E-state index contributed by atoms with van der Waals surface area (Å²) in [4.78, 5) is 4.48. The third-order valence-electron chi connectivity index (χ3n) is 5.68. The van der Waals surface area contributed by atoms with Crippen molar-refractivity contribution in [3.63, 3.8) is 0 Å². The third-order valence-corrected chi connectivity index (χ3v) is 7.22. The van der Waals surface area contributed by atoms with E-state index in [0.717, 1.165) is 22.6 Å². The highest BCUT2D eigenvalue weighted by molar-refractivity contribution is 9.10. The number of ether oxygens (including phenoxy) is 2. The molecule has 1 aliphatic rings. The van der Waals surface area contributed by atoms with E-state index in [2.05, 4.69) is 31.2 Å². The van der Waals surface area contributed by atoms with Gasteiger partial charge in [0.25, 0.3) is 0 Å². The summed E-state index contributed by atoms with van der Waals surface area (Å²) < 4.78 is 92.7. The van der Waals surface area contributed by atoms with Crippen molar-refractivity contribution in [1.29, 1.82) is 0 Å². The maximum Gasteiger partial charge on any atom is 0.416 e. The summed E-state index contributed by atoms with van der Waals surface area (Å²) in [5.74, 6) is -4.68. The highest BCUT2D eigenvalue weighted by Gasteiger charge is 2.49. The quantitative estimate of drug-likeness (QED) is 0.251. The first-order valence-corrected chi connectivity index (χ1v) is 12.7. The first-order chi connectivity index (χ1) is 18.4. The van der Waals surface area contributed by atoms with Gasteiger partial charge in [-0.25, -0.2) is 17.9 Å². The largest absolute Gasteiger partial charge is 0.416 e. The lowest BCUT2D eigenvalue weighted by atomic mass is 9.97. The number of halogens is 7. The fourth-order valence-electron chi connectivity index (χ4n) is 3.78. The number of thioether (sulfide) groups is 1. The number of benzene rings is 1. The van der Waals surface area contributed by atoms with Gasteiger partial charge in [-0.1, -0.05) is 17.0 Å². The van der Waals surface area contributed by atoms with Gasteiger partial charge in [-0.15, -0.1) is 5.10 Å². The van der Waals surface area contributed by atoms with Gasteiger partial charge in [-0.2, -0.15) is 13.2 Å². The van der Waals surface area contributed by atoms with E-state index in [-0.39, 0.29) is 11.3 Å². The Kier molecular flexibility index (Phi) is 9.19. The van der Waals surface area contributed by atoms with Gasteiger partial charge in [-0.05, 0) is 34.1 Å². The topological polar surface area (TPSA) is 123 Å². The van der Waals surface area contributed by atoms with Crippen LogP contribution in [0.4, 0.5) is 26.3 Å². The molecule has 0 bridgehead atoms. The molecule has 3 N–H and O–H groups in total. The van der Waals surface area contributed by atoms with E-state index < -0.39 is 72.7 Å². The Morgan fingerprint density at radius 2 is 1.85 bits per heavy atom. The molecule has 1 aromatic carbocycles. The van der Waals surface area contributed by atoms with Crippen LogP contribution in [0.1, 0.15) is 6.04 Å². The minimum absolute atomic E-state index is 0.165. The average molecular weight is 645 g/mol. The number of aromatic nitrogens is 4. The van der Waals surface area contributed by atoms with Gasteiger partial charge in [0.05, 0.1) is 19.4 Å². The Labute approximate surface area is 228 Å². The molecule has 6 atom stereocenters. The van der Waals surface area contributed by atoms with Crippen LogP contribution >= 0.6 is 27.7 Å². The molecule has 1 unspecified atom stereocenters. The number of nitrogens with zero attached hydrogens (tertiary/aromatic N) is 4. The van der Waals surface area contributed by atoms with Gasteiger partial charge in [-0.3, -0.25) is 4.98 Å². The molecule has 3 aromatic rings. The predicted octanol–water partition coefficient (Wildman–Crippen LogP) is 3.24. The minimum Gasteiger partial charge on any atom is -0.394 e. The molecular formula is C22H19BrF6N4O5S. The summed E-state index contributed by atoms with van der Waals surface area (Å²) in [7, 11) is 0. The highest BCUT2D eigenvalue weighted by atomic mass is 79.9. The summed E-state index contributed by atoms with van der Waals surface area (Å²) >= 11 is 4.20. The van der Waals surface area contributed by atoms with Crippen LogP contribution in [0.25, 0.3) is 11.3 Å². The maximum atomic E-state index is 13.8. The van der Waals surface area contributed by atoms with Crippen molar-refractivity contribution < 1.29 is 51.1 Å². The lowest BCUT2D eigenvalue weighted by molar-refractivity contribution is -0.240. The van der Waals surface area contributed by atoms with Crippen molar-refractivity contribution >= 4 is 27.7 Å². The zero-order chi connectivity index (χ0) is 28.5. The highest BCUT2D eigenvalue weighted by Crippen LogP contribution is 2.40. The van der Waals surface area contributed by atoms with E-state index in [9.17, 15) is 41.7 Å². The van der Waals surface area contributed by atoms with Crippen LogP contribution in [0.3, 0.4) is 0 Å². The average Bonchev–Trinajstić information content (AvgIpc) is 3.35. The number of aliphatic hydroxyl groups excluding tert-OH is 3. The van der Waals surface area contributed by atoms with Crippen LogP contribution < -0.4 is 0 Å². The Morgan fingerprint density at radius 1 is 1.15 bits per heavy atom. The summed E-state index contributed by atoms with van der Waals surface area (Å²) in [5.41, 5.74) is -1.56. The number of alkyl halides is 3. The number of hydrogen-bond donors (Lipinski definition) is 3. The van der Waals surface area contributed by atoms with Gasteiger partial charge in [0.2, 0.25) is 0 Å². The lowest BCUT2D eigenvalue weighted by Crippen LogP contribution is -2.56. The van der Waals surface area contributed by atoms with Crippen molar-refractivity contribution in [2.45, 2.75) is 47.0 Å². The van der Waals surface area contributed by atoms with Crippen molar-refractivity contribution in [2.24, 2.45) is 0 Å². The van der Waals surface area contributed by atoms with Crippen molar-refractivity contribution in [2.75, 3.05) is 13.2 Å². The number of pyridine rings is 1. The molecule has 0 aliphatic carbocycles. The van der Waals surface area contributed by atoms with Gasteiger partial charge >= 0.3 is 6.18 Å². The lowest BCUT2D eigenvalue weighted by Gasteiger charge is -2.44. The molecule has 1 aliphatic heterocycles. The van der Waals surface area contributed by atoms with Crippen LogP contribution in [0.15, 0.2) is 46.2 Å². The molecule has 39 heavy (non-hydrogen) atoms. The van der Waals surface area contributed by atoms with Crippen LogP contribution in [0.5, 0.6) is 0 Å². The van der Waals surface area contributed by atoms with E-state index >= 15 is 0 Å². The molecule has 1 saturated heterocycles. The molecule has 0 amide bonds. The van der Waals surface area contributed by atoms with Gasteiger partial charge in [0.1, 0.15) is 35.5 Å². The van der Waals surface area contributed by atoms with Crippen molar-refractivity contribution in [1.82, 2.24) is 20.0 Å². The number of rotatable bonds is 8. The summed E-state index contributed by atoms with van der Waals surface area (Å²) in [6, 6.07) is 1.58. The monoisotopic (exact) mass is 644 g/mol. The Balaban J connectivity index is 1.72. The molecule has 3 heterocycles. The van der Waals surface area contributed by atoms with Crippen LogP contribution in [-0.4, -0.2) is 84.5 Å². The van der Waals surface area contributed by atoms with E-state index in [1.807, 2.05) is 0 Å². The molecule has 0 radical (unpaired) electrons. The molecule has 0 spiro atoms. The summed E-state index contributed by atoms with van der Waals surface area (Å²) in [6.07, 6.45) is -8.20. The van der Waals surface area contributed by atoms with Crippen LogP contribution in [0.2, 0.25) is 0 Å². The predicted molar refractivity (Wildman–Crippen MR) is 126 cm³/mol. The number of hydrogen-bond acceptors (Lipinski definition) is 9. The first-order valence-electron chi connectivity index (χ1n) is 11.0. The Hall–Kier alpha value is -2.28. The molecule has 212 valence electrons. The van der Waals surface area contributed by atoms with Gasteiger partial charge in [0.15, 0.2) is 23.6 Å². The molecule has 1 fully saturated rings. The minimum atomic E-state index is -5.01. The first kappa shape index (κ1) is 29.7. The van der Waals surface area contributed by atoms with Gasteiger partial charge in [0, 0.05) is 27.3 Å². The second-order valence-electron chi connectivity index (χ2n) is 8.36. The molecule has 0 saturated carbocycles. The van der Waals surface area contributed by atoms with Crippen molar-refractivity contribution in [3.05, 3.63) is 58.7 Å². The Bertz CT molecular complexity index is 1280. The molecule has 9 nitrogen and oxygen atoms in total. The number of aliphatic hydroxyl groups is 3. The van der Waals surface area contributed by atoms with E-state index in [1.165, 1.54) is 12.4 Å². The third kappa shape index (κ3) is 6.72. The summed E-state index contributed by atoms with van der Waals surface area (Å²) in [5, 5.41) is 37.9. The zero-order valence-corrected chi connectivity index (χ0v) is 21.7. The molecule has 4 rings (SSSR count). The SMILES string of the molecule is OC[C@H]1O[C@H](Sc2cncc(Br)c2)[C@H](OCC(O)C(F)(F)F)[C@@H](n2cc(-c3cc(F)c(F)c(F)c3)nn2)[C@H]1O. The fraction of sp³-hybridized carbons (Fsp3) is 0.409. The molecule has 2 aromatic heterocycles. The summed E-state index contributed by atoms with van der Waals surface area (Å²) in [6.45, 7) is -1.95. The van der Waals surface area contributed by atoms with E-state index in [1.54, 1.807) is 6.07 Å². The van der Waals surface area contributed by atoms with Crippen LogP contribution in [-0.2, 0) is 9.47 Å². The van der Waals surface area contributed by atoms with E-state index in [4.69, 9.17) is 9.47 Å². The van der Waals surface area contributed by atoms with E-state index in [0.29, 0.717) is 21.5 Å². The second kappa shape index (κ2) is 12.1. The van der Waals surface area contributed by atoms with Crippen molar-refractivity contribution in [3.8, 4) is 11.3 Å². The smallest absolute Gasteiger partial charge is 0.394 e. The second-order valence-corrected chi connectivity index (χ2v) is 10.4. The maximum absolute atomic E-state index is 13.8. The van der Waals surface area contributed by atoms with Crippen LogP contribution in [0, 0.1) is 17.5 Å². The standard InChI is InChI=1S/C22H19BrF6N4O5S/c23-10-3-11(5-30-4-10)39-21-20(37-8-16(35)22(27,28)29)18(19(36)15(7-34)38-21)33-6-14(31-32-33)9-1-12(24)17(26)13(25)2-9/h1-6,15-16,18-21,34-36H,7-8H2/t15-,16?,18+,19+,20-,21-/m1/s1. The zero-order valence-electron chi connectivity index (χ0n) is 19.3. The Morgan fingerprint density at radius 3 is 2.46 bits per heavy atom. The normalized spacial score (nSPS) is 24.6. The molecule has 17 heteroatoms.